The van der Waals surface area contributed by atoms with E-state index < -0.39 is 0 Å². The summed E-state index contributed by atoms with van der Waals surface area (Å²) in [5.41, 5.74) is 3.65. The van der Waals surface area contributed by atoms with Crippen LogP contribution in [0.25, 0.3) is 21.8 Å². The molecule has 5 aromatic rings. The number of benzene rings is 3. The van der Waals surface area contributed by atoms with Crippen molar-refractivity contribution in [3.8, 4) is 0 Å². The van der Waals surface area contributed by atoms with E-state index in [1.165, 1.54) is 0 Å². The average Bonchev–Trinajstić information content (AvgIpc) is 2.87. The molecule has 0 aliphatic carbocycles. The van der Waals surface area contributed by atoms with Crippen LogP contribution in [-0.2, 0) is 25.6 Å². The number of hydrogen-bond donors (Lipinski definition) is 0. The molecule has 6 nitrogen and oxygen atoms in total. The van der Waals surface area contributed by atoms with Crippen LogP contribution in [0.2, 0.25) is 0 Å². The zero-order valence-electron chi connectivity index (χ0n) is 18.8. The van der Waals surface area contributed by atoms with Crippen molar-refractivity contribution in [2.45, 2.75) is 21.8 Å². The molecule has 0 amide bonds. The highest BCUT2D eigenvalue weighted by atomic mass is 32.2. The lowest BCUT2D eigenvalue weighted by molar-refractivity contribution is 0.726. The maximum absolute atomic E-state index is 12.6. The molecule has 2 heterocycles. The Balaban J connectivity index is 1.32. The molecule has 8 heteroatoms. The topological polar surface area (TPSA) is 69.8 Å². The molecule has 0 saturated heterocycles. The molecule has 170 valence electrons. The van der Waals surface area contributed by atoms with Gasteiger partial charge in [0.2, 0.25) is 0 Å². The van der Waals surface area contributed by atoms with Crippen molar-refractivity contribution in [3.63, 3.8) is 0 Å². The van der Waals surface area contributed by atoms with Crippen LogP contribution in [-0.4, -0.2) is 19.1 Å². The molecular weight excluding hydrogens is 464 g/mol. The Hall–Kier alpha value is -3.36. The fourth-order valence-electron chi connectivity index (χ4n) is 3.76. The first-order valence-electron chi connectivity index (χ1n) is 10.8. The normalized spacial score (nSPS) is 11.4. The first kappa shape index (κ1) is 22.4. The number of para-hydroxylation sites is 2. The Labute approximate surface area is 204 Å². The monoisotopic (exact) mass is 486 g/mol. The molecule has 0 bridgehead atoms. The molecular formula is C26H22N4O2S2. The third kappa shape index (κ3) is 4.38. The van der Waals surface area contributed by atoms with Crippen molar-refractivity contribution in [1.29, 1.82) is 0 Å². The summed E-state index contributed by atoms with van der Waals surface area (Å²) in [5, 5.41) is 2.65. The molecule has 0 spiro atoms. The molecule has 0 radical (unpaired) electrons. The van der Waals surface area contributed by atoms with Crippen molar-refractivity contribution in [1.82, 2.24) is 19.1 Å². The molecule has 2 aromatic heterocycles. The van der Waals surface area contributed by atoms with Gasteiger partial charge in [-0.05, 0) is 35.4 Å². The highest BCUT2D eigenvalue weighted by Crippen LogP contribution is 2.25. The zero-order chi connectivity index (χ0) is 23.7. The lowest BCUT2D eigenvalue weighted by Gasteiger charge is -2.10. The van der Waals surface area contributed by atoms with E-state index in [-0.39, 0.29) is 11.1 Å². The number of nitrogens with zero attached hydrogens (tertiary/aromatic N) is 4. The van der Waals surface area contributed by atoms with E-state index in [2.05, 4.69) is 28.2 Å². The van der Waals surface area contributed by atoms with E-state index >= 15 is 0 Å². The number of fused-ring (bicyclic) bond motifs is 2. The summed E-state index contributed by atoms with van der Waals surface area (Å²) in [6.45, 7) is 0. The van der Waals surface area contributed by atoms with Crippen molar-refractivity contribution >= 4 is 45.3 Å². The number of thioether (sulfide) groups is 2. The molecule has 0 fully saturated rings. The fourth-order valence-corrected chi connectivity index (χ4v) is 5.59. The number of hydrogen-bond acceptors (Lipinski definition) is 6. The fraction of sp³-hybridized carbons (Fsp3) is 0.154. The van der Waals surface area contributed by atoms with Gasteiger partial charge in [-0.25, -0.2) is 9.97 Å². The van der Waals surface area contributed by atoms with Crippen LogP contribution in [0.15, 0.2) is 92.7 Å². The summed E-state index contributed by atoms with van der Waals surface area (Å²) < 4.78 is 3.22. The summed E-state index contributed by atoms with van der Waals surface area (Å²) in [7, 11) is 3.52. The zero-order valence-corrected chi connectivity index (χ0v) is 20.4. The highest BCUT2D eigenvalue weighted by Gasteiger charge is 2.11. The van der Waals surface area contributed by atoms with Crippen LogP contribution < -0.4 is 11.1 Å². The Morgan fingerprint density at radius 3 is 1.56 bits per heavy atom. The van der Waals surface area contributed by atoms with Gasteiger partial charge in [0.05, 0.1) is 21.8 Å². The van der Waals surface area contributed by atoms with E-state index in [1.807, 2.05) is 42.5 Å². The van der Waals surface area contributed by atoms with Gasteiger partial charge in [-0.2, -0.15) is 0 Å². The molecule has 0 N–H and O–H groups in total. The Morgan fingerprint density at radius 1 is 0.647 bits per heavy atom. The summed E-state index contributed by atoms with van der Waals surface area (Å²) in [5.74, 6) is 1.40. The van der Waals surface area contributed by atoms with E-state index in [0.29, 0.717) is 43.6 Å². The van der Waals surface area contributed by atoms with Crippen molar-refractivity contribution < 1.29 is 0 Å². The first-order chi connectivity index (χ1) is 16.5. The highest BCUT2D eigenvalue weighted by molar-refractivity contribution is 7.98. The predicted molar refractivity (Wildman–Crippen MR) is 140 cm³/mol. The second-order valence-electron chi connectivity index (χ2n) is 7.95. The third-order valence-electron chi connectivity index (χ3n) is 5.61. The van der Waals surface area contributed by atoms with Gasteiger partial charge < -0.3 is 0 Å². The van der Waals surface area contributed by atoms with E-state index in [9.17, 15) is 9.59 Å². The van der Waals surface area contributed by atoms with Crippen molar-refractivity contribution in [3.05, 3.63) is 105 Å². The predicted octanol–water partition coefficient (Wildman–Crippen LogP) is 4.77. The van der Waals surface area contributed by atoms with Gasteiger partial charge >= 0.3 is 0 Å². The maximum Gasteiger partial charge on any atom is 0.261 e. The molecule has 0 unspecified atom stereocenters. The minimum Gasteiger partial charge on any atom is -0.290 e. The first-order valence-corrected chi connectivity index (χ1v) is 12.7. The summed E-state index contributed by atoms with van der Waals surface area (Å²) in [4.78, 5) is 34.6. The Morgan fingerprint density at radius 2 is 1.09 bits per heavy atom. The second-order valence-corrected chi connectivity index (χ2v) is 9.83. The van der Waals surface area contributed by atoms with Crippen LogP contribution in [0.3, 0.4) is 0 Å². The summed E-state index contributed by atoms with van der Waals surface area (Å²) in [6.07, 6.45) is 0. The van der Waals surface area contributed by atoms with Gasteiger partial charge in [0.25, 0.3) is 11.1 Å². The van der Waals surface area contributed by atoms with Gasteiger partial charge in [0, 0.05) is 25.6 Å². The standard InChI is InChI=1S/C26H22N4O2S2/c1-29-23(31)19-10-3-5-12-21(19)27-25(29)33-15-17-8-7-9-18(14-17)16-34-26-28-22-13-6-4-11-20(22)24(32)30(26)2/h3-14H,15-16H2,1-2H3. The summed E-state index contributed by atoms with van der Waals surface area (Å²) >= 11 is 3.09. The third-order valence-corrected chi connectivity index (χ3v) is 7.81. The van der Waals surface area contributed by atoms with Gasteiger partial charge in [-0.1, -0.05) is 72.1 Å². The molecule has 3 aromatic carbocycles. The van der Waals surface area contributed by atoms with Gasteiger partial charge in [0.15, 0.2) is 10.3 Å². The molecule has 34 heavy (non-hydrogen) atoms. The average molecular weight is 487 g/mol. The van der Waals surface area contributed by atoms with E-state index in [4.69, 9.17) is 0 Å². The van der Waals surface area contributed by atoms with E-state index in [0.717, 1.165) is 11.1 Å². The molecule has 0 atom stereocenters. The van der Waals surface area contributed by atoms with Gasteiger partial charge in [-0.15, -0.1) is 0 Å². The number of rotatable bonds is 6. The van der Waals surface area contributed by atoms with Gasteiger partial charge in [0.1, 0.15) is 0 Å². The van der Waals surface area contributed by atoms with Crippen LogP contribution in [0, 0.1) is 0 Å². The number of aromatic nitrogens is 4. The molecule has 0 saturated carbocycles. The SMILES string of the molecule is Cn1c(SCc2cccc(CSc3nc4ccccc4c(=O)n3C)c2)nc2ccccc2c1=O. The lowest BCUT2D eigenvalue weighted by Crippen LogP contribution is -2.20. The minimum atomic E-state index is -0.0354. The molecule has 0 aliphatic heterocycles. The summed E-state index contributed by atoms with van der Waals surface area (Å²) in [6, 6.07) is 23.2. The minimum absolute atomic E-state index is 0.0354. The van der Waals surface area contributed by atoms with Crippen LogP contribution in [0.5, 0.6) is 0 Å². The van der Waals surface area contributed by atoms with Crippen LogP contribution in [0.1, 0.15) is 11.1 Å². The van der Waals surface area contributed by atoms with Gasteiger partial charge in [-0.3, -0.25) is 18.7 Å². The quantitative estimate of drug-likeness (QED) is 0.255. The van der Waals surface area contributed by atoms with Crippen LogP contribution >= 0.6 is 23.5 Å². The Kier molecular flexibility index (Phi) is 6.26. The molecule has 0 aliphatic rings. The van der Waals surface area contributed by atoms with Crippen LogP contribution in [0.4, 0.5) is 0 Å². The smallest absolute Gasteiger partial charge is 0.261 e. The Bertz CT molecular complexity index is 1520. The van der Waals surface area contributed by atoms with Crippen molar-refractivity contribution in [2.24, 2.45) is 14.1 Å². The lowest BCUT2D eigenvalue weighted by atomic mass is 10.2. The van der Waals surface area contributed by atoms with E-state index in [1.54, 1.807) is 58.9 Å². The second kappa shape index (κ2) is 9.48. The maximum atomic E-state index is 12.6. The molecule has 5 rings (SSSR count). The largest absolute Gasteiger partial charge is 0.290 e. The van der Waals surface area contributed by atoms with Crippen molar-refractivity contribution in [2.75, 3.05) is 0 Å².